The number of likely N-dealkylation sites (tertiary alicyclic amines) is 1. The molecule has 1 atom stereocenters. The Balaban J connectivity index is 2.05. The van der Waals surface area contributed by atoms with E-state index in [4.69, 9.17) is 0 Å². The lowest BCUT2D eigenvalue weighted by Crippen LogP contribution is -2.41. The highest BCUT2D eigenvalue weighted by atomic mass is 79.9. The van der Waals surface area contributed by atoms with Crippen LogP contribution >= 0.6 is 15.9 Å². The number of rotatable bonds is 3. The topological polar surface area (TPSA) is 23.5 Å². The molecule has 1 aromatic carbocycles. The highest BCUT2D eigenvalue weighted by Crippen LogP contribution is 2.23. The average molecular weight is 284 g/mol. The molecule has 2 rings (SSSR count). The maximum Gasteiger partial charge on any atom is 0.0586 e. The van der Waals surface area contributed by atoms with Crippen molar-refractivity contribution in [3.05, 3.63) is 34.3 Å². The van der Waals surface area contributed by atoms with E-state index in [-0.39, 0.29) is 6.61 Å². The summed E-state index contributed by atoms with van der Waals surface area (Å²) in [5, 5.41) is 9.36. The molecule has 0 aromatic heterocycles. The van der Waals surface area contributed by atoms with Crippen LogP contribution in [-0.4, -0.2) is 29.2 Å². The second kappa shape index (κ2) is 5.80. The van der Waals surface area contributed by atoms with E-state index < -0.39 is 0 Å². The van der Waals surface area contributed by atoms with E-state index in [9.17, 15) is 5.11 Å². The zero-order chi connectivity index (χ0) is 11.4. The van der Waals surface area contributed by atoms with E-state index in [1.165, 1.54) is 18.4 Å². The normalized spacial score (nSPS) is 22.2. The fourth-order valence-corrected chi connectivity index (χ4v) is 2.73. The molecule has 1 aliphatic heterocycles. The first kappa shape index (κ1) is 12.1. The molecule has 2 nitrogen and oxygen atoms in total. The highest BCUT2D eigenvalue weighted by Gasteiger charge is 2.21. The second-order valence-corrected chi connectivity index (χ2v) is 5.25. The summed E-state index contributed by atoms with van der Waals surface area (Å²) >= 11 is 3.58. The number of piperidine rings is 1. The van der Waals surface area contributed by atoms with Crippen LogP contribution in [0.3, 0.4) is 0 Å². The summed E-state index contributed by atoms with van der Waals surface area (Å²) in [4.78, 5) is 2.39. The second-order valence-electron chi connectivity index (χ2n) is 4.39. The lowest BCUT2D eigenvalue weighted by atomic mass is 10.0. The molecule has 0 bridgehead atoms. The molecule has 16 heavy (non-hydrogen) atoms. The van der Waals surface area contributed by atoms with Crippen molar-refractivity contribution in [3.8, 4) is 0 Å². The van der Waals surface area contributed by atoms with Gasteiger partial charge >= 0.3 is 0 Å². The van der Waals surface area contributed by atoms with Crippen LogP contribution in [-0.2, 0) is 6.54 Å². The molecule has 88 valence electrons. The van der Waals surface area contributed by atoms with Gasteiger partial charge in [0.2, 0.25) is 0 Å². The number of aliphatic hydroxyl groups excluding tert-OH is 1. The third-order valence-electron chi connectivity index (χ3n) is 3.29. The molecule has 0 radical (unpaired) electrons. The van der Waals surface area contributed by atoms with Crippen LogP contribution in [0.1, 0.15) is 24.8 Å². The van der Waals surface area contributed by atoms with Crippen LogP contribution in [0, 0.1) is 0 Å². The Hall–Kier alpha value is -0.380. The molecule has 1 heterocycles. The first-order chi connectivity index (χ1) is 7.81. The first-order valence-corrected chi connectivity index (χ1v) is 6.69. The van der Waals surface area contributed by atoms with Gasteiger partial charge in [0, 0.05) is 17.1 Å². The van der Waals surface area contributed by atoms with Crippen molar-refractivity contribution in [2.45, 2.75) is 31.8 Å². The Bertz CT molecular complexity index is 342. The van der Waals surface area contributed by atoms with E-state index in [0.717, 1.165) is 24.0 Å². The maximum atomic E-state index is 9.36. The van der Waals surface area contributed by atoms with E-state index in [1.54, 1.807) is 0 Å². The summed E-state index contributed by atoms with van der Waals surface area (Å²) < 4.78 is 1.16. The van der Waals surface area contributed by atoms with E-state index in [0.29, 0.717) is 6.04 Å². The summed E-state index contributed by atoms with van der Waals surface area (Å²) in [5.41, 5.74) is 1.31. The van der Waals surface area contributed by atoms with Crippen molar-refractivity contribution in [3.63, 3.8) is 0 Å². The van der Waals surface area contributed by atoms with Gasteiger partial charge in [0.1, 0.15) is 0 Å². The minimum Gasteiger partial charge on any atom is -0.395 e. The Morgan fingerprint density at radius 3 is 2.88 bits per heavy atom. The van der Waals surface area contributed by atoms with Gasteiger partial charge in [-0.15, -0.1) is 0 Å². The number of aliphatic hydroxyl groups is 1. The van der Waals surface area contributed by atoms with Gasteiger partial charge in [-0.25, -0.2) is 0 Å². The quantitative estimate of drug-likeness (QED) is 0.922. The van der Waals surface area contributed by atoms with Crippen molar-refractivity contribution in [2.24, 2.45) is 0 Å². The van der Waals surface area contributed by atoms with Gasteiger partial charge in [-0.05, 0) is 31.0 Å². The predicted octanol–water partition coefficient (Wildman–Crippen LogP) is 2.80. The molecule has 1 saturated heterocycles. The van der Waals surface area contributed by atoms with Crippen LogP contribution in [0.15, 0.2) is 28.7 Å². The molecular formula is C13H18BrNO. The van der Waals surface area contributed by atoms with Crippen LogP contribution in [0.25, 0.3) is 0 Å². The van der Waals surface area contributed by atoms with Crippen molar-refractivity contribution in [1.29, 1.82) is 0 Å². The molecule has 1 aromatic rings. The molecular weight excluding hydrogens is 266 g/mol. The molecule has 0 saturated carbocycles. The summed E-state index contributed by atoms with van der Waals surface area (Å²) in [5.74, 6) is 0. The monoisotopic (exact) mass is 283 g/mol. The summed E-state index contributed by atoms with van der Waals surface area (Å²) in [7, 11) is 0. The Morgan fingerprint density at radius 1 is 1.31 bits per heavy atom. The number of benzene rings is 1. The molecule has 0 spiro atoms. The van der Waals surface area contributed by atoms with Gasteiger partial charge in [0.25, 0.3) is 0 Å². The van der Waals surface area contributed by atoms with Crippen molar-refractivity contribution in [1.82, 2.24) is 4.90 Å². The highest BCUT2D eigenvalue weighted by molar-refractivity contribution is 9.10. The van der Waals surface area contributed by atoms with Crippen molar-refractivity contribution < 1.29 is 5.11 Å². The number of hydrogen-bond donors (Lipinski definition) is 1. The maximum absolute atomic E-state index is 9.36. The van der Waals surface area contributed by atoms with E-state index in [2.05, 4.69) is 39.0 Å². The average Bonchev–Trinajstić information content (AvgIpc) is 2.33. The van der Waals surface area contributed by atoms with Crippen molar-refractivity contribution in [2.75, 3.05) is 13.2 Å². The molecule has 1 N–H and O–H groups in total. The molecule has 3 heteroatoms. The third kappa shape index (κ3) is 2.84. The van der Waals surface area contributed by atoms with Crippen molar-refractivity contribution >= 4 is 15.9 Å². The summed E-state index contributed by atoms with van der Waals surface area (Å²) in [6, 6.07) is 8.67. The first-order valence-electron chi connectivity index (χ1n) is 5.89. The van der Waals surface area contributed by atoms with Gasteiger partial charge in [-0.2, -0.15) is 0 Å². The lowest BCUT2D eigenvalue weighted by Gasteiger charge is -2.34. The lowest BCUT2D eigenvalue weighted by molar-refractivity contribution is 0.0839. The number of nitrogens with zero attached hydrogens (tertiary/aromatic N) is 1. The van der Waals surface area contributed by atoms with Gasteiger partial charge in [0.15, 0.2) is 0 Å². The molecule has 0 amide bonds. The van der Waals surface area contributed by atoms with Crippen LogP contribution in [0.5, 0.6) is 0 Å². The van der Waals surface area contributed by atoms with Crippen LogP contribution in [0.2, 0.25) is 0 Å². The number of halogens is 1. The fourth-order valence-electron chi connectivity index (χ4n) is 2.32. The van der Waals surface area contributed by atoms with Gasteiger partial charge in [-0.1, -0.05) is 40.5 Å². The molecule has 1 fully saturated rings. The Labute approximate surface area is 105 Å². The molecule has 0 unspecified atom stereocenters. The molecule has 0 aliphatic carbocycles. The largest absolute Gasteiger partial charge is 0.395 e. The standard InChI is InChI=1S/C13H18BrNO/c14-13-7-2-1-5-11(13)9-15-8-4-3-6-12(15)10-16/h1-2,5,7,12,16H,3-4,6,8-10H2/t12-/m0/s1. The third-order valence-corrected chi connectivity index (χ3v) is 4.06. The minimum atomic E-state index is 0.282. The summed E-state index contributed by atoms with van der Waals surface area (Å²) in [6.45, 7) is 2.32. The smallest absolute Gasteiger partial charge is 0.0586 e. The minimum absolute atomic E-state index is 0.282. The van der Waals surface area contributed by atoms with Gasteiger partial charge < -0.3 is 5.11 Å². The zero-order valence-corrected chi connectivity index (χ0v) is 11.0. The van der Waals surface area contributed by atoms with Gasteiger partial charge in [-0.3, -0.25) is 4.90 Å². The summed E-state index contributed by atoms with van der Waals surface area (Å²) in [6.07, 6.45) is 3.62. The molecule has 1 aliphatic rings. The van der Waals surface area contributed by atoms with E-state index in [1.807, 2.05) is 6.07 Å². The SMILES string of the molecule is OC[C@@H]1CCCCN1Cc1ccccc1Br. The van der Waals surface area contributed by atoms with E-state index >= 15 is 0 Å². The Morgan fingerprint density at radius 2 is 2.12 bits per heavy atom. The predicted molar refractivity (Wildman–Crippen MR) is 69.3 cm³/mol. The van der Waals surface area contributed by atoms with Gasteiger partial charge in [0.05, 0.1) is 6.61 Å². The number of hydrogen-bond acceptors (Lipinski definition) is 2. The zero-order valence-electron chi connectivity index (χ0n) is 9.40. The Kier molecular flexibility index (Phi) is 4.38. The fraction of sp³-hybridized carbons (Fsp3) is 0.538. The van der Waals surface area contributed by atoms with Crippen LogP contribution in [0.4, 0.5) is 0 Å². The van der Waals surface area contributed by atoms with Crippen LogP contribution < -0.4 is 0 Å².